The number of amides is 1. The van der Waals surface area contributed by atoms with Gasteiger partial charge in [0.25, 0.3) is 5.91 Å². The molecule has 4 heteroatoms. The summed E-state index contributed by atoms with van der Waals surface area (Å²) in [6, 6.07) is 12.2. The number of rotatable bonds is 4. The van der Waals surface area contributed by atoms with Crippen LogP contribution in [0, 0.1) is 5.82 Å². The van der Waals surface area contributed by atoms with E-state index in [2.05, 4.69) is 24.9 Å². The molecule has 0 radical (unpaired) electrons. The minimum atomic E-state index is -0.431. The number of hydrogen-bond acceptors (Lipinski definition) is 2. The van der Waals surface area contributed by atoms with Gasteiger partial charge in [0.05, 0.1) is 0 Å². The molecule has 104 valence electrons. The van der Waals surface area contributed by atoms with Crippen LogP contribution in [0.4, 0.5) is 4.39 Å². The van der Waals surface area contributed by atoms with Crippen LogP contribution in [0.25, 0.3) is 0 Å². The minimum Gasteiger partial charge on any atom is -0.348 e. The third-order valence-corrected chi connectivity index (χ3v) is 3.44. The lowest BCUT2D eigenvalue weighted by molar-refractivity contribution is 0.0950. The Bertz CT molecular complexity index is 610. The van der Waals surface area contributed by atoms with Crippen molar-refractivity contribution < 1.29 is 9.18 Å². The number of benzene rings is 2. The van der Waals surface area contributed by atoms with Crippen LogP contribution in [0.2, 0.25) is 0 Å². The number of thiol groups is 1. The molecule has 0 aliphatic rings. The fourth-order valence-electron chi connectivity index (χ4n) is 1.83. The standard InChI is InChI=1S/C16H16FNOS/c1-2-11-3-5-12(6-4-11)10-18-16(19)13-7-8-14(17)15(20)9-13/h3-9,20H,2,10H2,1H3,(H,18,19). The van der Waals surface area contributed by atoms with E-state index in [1.54, 1.807) is 0 Å². The van der Waals surface area contributed by atoms with Crippen molar-refractivity contribution in [2.24, 2.45) is 0 Å². The SMILES string of the molecule is CCc1ccc(CNC(=O)c2ccc(F)c(S)c2)cc1. The molecule has 1 amide bonds. The van der Waals surface area contributed by atoms with Crippen LogP contribution in [0.3, 0.4) is 0 Å². The highest BCUT2D eigenvalue weighted by Gasteiger charge is 2.07. The summed E-state index contributed by atoms with van der Waals surface area (Å²) in [6.07, 6.45) is 0.993. The first-order chi connectivity index (χ1) is 9.60. The van der Waals surface area contributed by atoms with Crippen molar-refractivity contribution in [2.75, 3.05) is 0 Å². The van der Waals surface area contributed by atoms with Crippen molar-refractivity contribution in [3.8, 4) is 0 Å². The Morgan fingerprint density at radius 1 is 1.15 bits per heavy atom. The molecule has 0 aliphatic carbocycles. The van der Waals surface area contributed by atoms with Crippen LogP contribution in [-0.2, 0) is 13.0 Å². The maximum absolute atomic E-state index is 13.1. The molecule has 0 aliphatic heterocycles. The van der Waals surface area contributed by atoms with Gasteiger partial charge in [-0.25, -0.2) is 4.39 Å². The fourth-order valence-corrected chi connectivity index (χ4v) is 2.04. The predicted octanol–water partition coefficient (Wildman–Crippen LogP) is 3.61. The number of hydrogen-bond donors (Lipinski definition) is 2. The molecule has 1 N–H and O–H groups in total. The van der Waals surface area contributed by atoms with Gasteiger partial charge in [0.2, 0.25) is 0 Å². The van der Waals surface area contributed by atoms with Gasteiger partial charge in [-0.15, -0.1) is 12.6 Å². The molecule has 2 aromatic rings. The van der Waals surface area contributed by atoms with Crippen molar-refractivity contribution >= 4 is 18.5 Å². The van der Waals surface area contributed by atoms with Crippen LogP contribution in [0.1, 0.15) is 28.4 Å². The lowest BCUT2D eigenvalue weighted by Crippen LogP contribution is -2.22. The summed E-state index contributed by atoms with van der Waals surface area (Å²) in [5, 5.41) is 2.80. The smallest absolute Gasteiger partial charge is 0.251 e. The average Bonchev–Trinajstić information content (AvgIpc) is 2.48. The van der Waals surface area contributed by atoms with Gasteiger partial charge in [-0.1, -0.05) is 31.2 Å². The molecule has 20 heavy (non-hydrogen) atoms. The summed E-state index contributed by atoms with van der Waals surface area (Å²) in [7, 11) is 0. The lowest BCUT2D eigenvalue weighted by atomic mass is 10.1. The van der Waals surface area contributed by atoms with E-state index in [4.69, 9.17) is 0 Å². The second kappa shape index (κ2) is 6.57. The summed E-state index contributed by atoms with van der Waals surface area (Å²) in [4.78, 5) is 12.1. The van der Waals surface area contributed by atoms with Gasteiger partial charge in [0.15, 0.2) is 0 Å². The van der Waals surface area contributed by atoms with Crippen LogP contribution in [0.15, 0.2) is 47.4 Å². The van der Waals surface area contributed by atoms with Crippen LogP contribution < -0.4 is 5.32 Å². The van der Waals surface area contributed by atoms with E-state index in [0.717, 1.165) is 12.0 Å². The Hall–Kier alpha value is -1.81. The predicted molar refractivity (Wildman–Crippen MR) is 80.6 cm³/mol. The molecule has 0 spiro atoms. The van der Waals surface area contributed by atoms with Crippen molar-refractivity contribution in [1.82, 2.24) is 5.32 Å². The molecule has 0 atom stereocenters. The molecule has 2 aromatic carbocycles. The average molecular weight is 289 g/mol. The molecule has 0 saturated heterocycles. The Morgan fingerprint density at radius 2 is 1.80 bits per heavy atom. The summed E-state index contributed by atoms with van der Waals surface area (Å²) in [5.74, 6) is -0.667. The van der Waals surface area contributed by atoms with Crippen LogP contribution >= 0.6 is 12.6 Å². The highest BCUT2D eigenvalue weighted by Crippen LogP contribution is 2.14. The van der Waals surface area contributed by atoms with Crippen molar-refractivity contribution in [3.05, 3.63) is 65.0 Å². The highest BCUT2D eigenvalue weighted by atomic mass is 32.1. The number of nitrogens with one attached hydrogen (secondary N) is 1. The highest BCUT2D eigenvalue weighted by molar-refractivity contribution is 7.80. The summed E-state index contributed by atoms with van der Waals surface area (Å²) in [6.45, 7) is 2.54. The Morgan fingerprint density at radius 3 is 2.40 bits per heavy atom. The van der Waals surface area contributed by atoms with Gasteiger partial charge < -0.3 is 5.32 Å². The van der Waals surface area contributed by atoms with E-state index in [1.807, 2.05) is 24.3 Å². The molecule has 2 rings (SSSR count). The van der Waals surface area contributed by atoms with Gasteiger partial charge in [-0.3, -0.25) is 4.79 Å². The summed E-state index contributed by atoms with van der Waals surface area (Å²) in [5.41, 5.74) is 2.70. The van der Waals surface area contributed by atoms with E-state index in [0.29, 0.717) is 12.1 Å². The minimum absolute atomic E-state index is 0.171. The van der Waals surface area contributed by atoms with Gasteiger partial charge in [-0.2, -0.15) is 0 Å². The Kier molecular flexibility index (Phi) is 4.79. The van der Waals surface area contributed by atoms with Gasteiger partial charge in [0.1, 0.15) is 5.82 Å². The third-order valence-electron chi connectivity index (χ3n) is 3.09. The fraction of sp³-hybridized carbons (Fsp3) is 0.188. The van der Waals surface area contributed by atoms with E-state index < -0.39 is 5.82 Å². The molecular formula is C16H16FNOS. The molecule has 2 nitrogen and oxygen atoms in total. The number of aryl methyl sites for hydroxylation is 1. The lowest BCUT2D eigenvalue weighted by Gasteiger charge is -2.07. The van der Waals surface area contributed by atoms with Gasteiger partial charge >= 0.3 is 0 Å². The van der Waals surface area contributed by atoms with Gasteiger partial charge in [0, 0.05) is 17.0 Å². The number of halogens is 1. The number of carbonyl (C=O) groups is 1. The van der Waals surface area contributed by atoms with E-state index in [-0.39, 0.29) is 10.8 Å². The molecule has 0 fully saturated rings. The molecule has 0 heterocycles. The zero-order valence-corrected chi connectivity index (χ0v) is 12.1. The maximum atomic E-state index is 13.1. The molecule has 0 bridgehead atoms. The van der Waals surface area contributed by atoms with Crippen molar-refractivity contribution in [3.63, 3.8) is 0 Å². The van der Waals surface area contributed by atoms with Crippen LogP contribution in [-0.4, -0.2) is 5.91 Å². The zero-order valence-electron chi connectivity index (χ0n) is 11.2. The largest absolute Gasteiger partial charge is 0.348 e. The Labute approximate surface area is 123 Å². The Balaban J connectivity index is 1.98. The second-order valence-electron chi connectivity index (χ2n) is 4.52. The first kappa shape index (κ1) is 14.6. The molecular weight excluding hydrogens is 273 g/mol. The first-order valence-corrected chi connectivity index (χ1v) is 6.89. The third kappa shape index (κ3) is 3.61. The monoisotopic (exact) mass is 289 g/mol. The van der Waals surface area contributed by atoms with Crippen LogP contribution in [0.5, 0.6) is 0 Å². The molecule has 0 saturated carbocycles. The van der Waals surface area contributed by atoms with E-state index >= 15 is 0 Å². The topological polar surface area (TPSA) is 29.1 Å². The molecule has 0 aromatic heterocycles. The van der Waals surface area contributed by atoms with E-state index in [1.165, 1.54) is 23.8 Å². The molecule has 0 unspecified atom stereocenters. The number of carbonyl (C=O) groups excluding carboxylic acids is 1. The van der Waals surface area contributed by atoms with E-state index in [9.17, 15) is 9.18 Å². The van der Waals surface area contributed by atoms with Gasteiger partial charge in [-0.05, 0) is 35.7 Å². The first-order valence-electron chi connectivity index (χ1n) is 6.44. The normalized spacial score (nSPS) is 10.3. The summed E-state index contributed by atoms with van der Waals surface area (Å²) < 4.78 is 13.1. The second-order valence-corrected chi connectivity index (χ2v) is 5.00. The summed E-state index contributed by atoms with van der Waals surface area (Å²) >= 11 is 3.97. The van der Waals surface area contributed by atoms with Crippen molar-refractivity contribution in [1.29, 1.82) is 0 Å². The zero-order chi connectivity index (χ0) is 14.5. The quantitative estimate of drug-likeness (QED) is 0.827. The maximum Gasteiger partial charge on any atom is 0.251 e. The van der Waals surface area contributed by atoms with Crippen molar-refractivity contribution in [2.45, 2.75) is 24.8 Å².